The number of benzene rings is 2. The molecular weight excluding hydrogens is 424 g/mol. The molecule has 0 bridgehead atoms. The fourth-order valence-corrected chi connectivity index (χ4v) is 3.08. The summed E-state index contributed by atoms with van der Waals surface area (Å²) in [7, 11) is 2.30. The van der Waals surface area contributed by atoms with Crippen molar-refractivity contribution in [3.05, 3.63) is 59.7 Å². The molecule has 0 aromatic heterocycles. The van der Waals surface area contributed by atoms with Crippen molar-refractivity contribution in [1.29, 1.82) is 0 Å². The Morgan fingerprint density at radius 1 is 0.906 bits per heavy atom. The van der Waals surface area contributed by atoms with Gasteiger partial charge in [-0.15, -0.1) is 0 Å². The Kier molecular flexibility index (Phi) is 7.65. The summed E-state index contributed by atoms with van der Waals surface area (Å²) < 4.78 is 26.1. The quantitative estimate of drug-likeness (QED) is 0.510. The second-order valence-electron chi connectivity index (χ2n) is 6.97. The van der Waals surface area contributed by atoms with E-state index in [1.54, 1.807) is 0 Å². The van der Waals surface area contributed by atoms with Crippen LogP contribution in [0.3, 0.4) is 0 Å². The fraction of sp³-hybridized carbons (Fsp3) is 0.364. The maximum atomic E-state index is 12.0. The molecule has 3 rings (SSSR count). The lowest BCUT2D eigenvalue weighted by atomic mass is 9.99. The van der Waals surface area contributed by atoms with Crippen LogP contribution in [-0.4, -0.2) is 72.2 Å². The van der Waals surface area contributed by atoms with Crippen molar-refractivity contribution in [2.75, 3.05) is 14.2 Å². The van der Waals surface area contributed by atoms with Gasteiger partial charge in [0.25, 0.3) is 0 Å². The molecule has 1 heterocycles. The lowest BCUT2D eigenvalue weighted by Gasteiger charge is -2.39. The maximum absolute atomic E-state index is 12.0. The van der Waals surface area contributed by atoms with Crippen LogP contribution in [0.1, 0.15) is 15.9 Å². The zero-order valence-electron chi connectivity index (χ0n) is 17.4. The summed E-state index contributed by atoms with van der Waals surface area (Å²) in [5.74, 6) is -1.41. The molecule has 1 fully saturated rings. The van der Waals surface area contributed by atoms with Crippen LogP contribution in [-0.2, 0) is 25.6 Å². The highest BCUT2D eigenvalue weighted by atomic mass is 16.7. The third-order valence-electron chi connectivity index (χ3n) is 4.85. The van der Waals surface area contributed by atoms with Gasteiger partial charge in [-0.05, 0) is 23.8 Å². The number of aliphatic hydroxyl groups is 3. The second-order valence-corrected chi connectivity index (χ2v) is 6.97. The topological polar surface area (TPSA) is 141 Å². The summed E-state index contributed by atoms with van der Waals surface area (Å²) in [4.78, 5) is 23.8. The third kappa shape index (κ3) is 5.17. The Bertz CT molecular complexity index is 932. The predicted octanol–water partition coefficient (Wildman–Crippen LogP) is 0.412. The predicted molar refractivity (Wildman–Crippen MR) is 108 cm³/mol. The Morgan fingerprint density at radius 2 is 1.62 bits per heavy atom. The number of methoxy groups -OCH3 is 2. The monoisotopic (exact) mass is 448 g/mol. The summed E-state index contributed by atoms with van der Waals surface area (Å²) in [6, 6.07) is 13.5. The van der Waals surface area contributed by atoms with Gasteiger partial charge in [-0.25, -0.2) is 9.59 Å². The summed E-state index contributed by atoms with van der Waals surface area (Å²) in [5, 5.41) is 30.5. The van der Waals surface area contributed by atoms with E-state index < -0.39 is 42.6 Å². The molecule has 0 aliphatic carbocycles. The van der Waals surface area contributed by atoms with E-state index in [0.717, 1.165) is 12.7 Å². The molecule has 0 saturated carbocycles. The Morgan fingerprint density at radius 3 is 2.28 bits per heavy atom. The molecule has 0 unspecified atom stereocenters. The van der Waals surface area contributed by atoms with Gasteiger partial charge in [0.2, 0.25) is 6.29 Å². The van der Waals surface area contributed by atoms with E-state index >= 15 is 0 Å². The van der Waals surface area contributed by atoms with Crippen LogP contribution in [0.25, 0.3) is 0 Å². The van der Waals surface area contributed by atoms with E-state index in [9.17, 15) is 24.9 Å². The lowest BCUT2D eigenvalue weighted by Crippen LogP contribution is -2.61. The summed E-state index contributed by atoms with van der Waals surface area (Å²) in [6.07, 6.45) is -8.37. The van der Waals surface area contributed by atoms with Crippen LogP contribution in [0.4, 0.5) is 0 Å². The summed E-state index contributed by atoms with van der Waals surface area (Å²) in [5.41, 5.74) is 0.999. The molecule has 0 radical (unpaired) electrons. The van der Waals surface area contributed by atoms with Crippen molar-refractivity contribution >= 4 is 11.9 Å². The normalized spacial score (nSPS) is 25.0. The number of esters is 2. The van der Waals surface area contributed by atoms with E-state index in [1.165, 1.54) is 25.3 Å². The number of carbonyl (C=O) groups is 2. The highest BCUT2D eigenvalue weighted by molar-refractivity contribution is 5.90. The van der Waals surface area contributed by atoms with Gasteiger partial charge in [0.05, 0.1) is 19.8 Å². The largest absolute Gasteiger partial charge is 0.485 e. The fourth-order valence-electron chi connectivity index (χ4n) is 3.08. The van der Waals surface area contributed by atoms with Crippen molar-refractivity contribution in [2.24, 2.45) is 0 Å². The van der Waals surface area contributed by atoms with Crippen molar-refractivity contribution in [3.63, 3.8) is 0 Å². The first-order valence-electron chi connectivity index (χ1n) is 9.69. The van der Waals surface area contributed by atoms with Gasteiger partial charge < -0.3 is 39.0 Å². The van der Waals surface area contributed by atoms with Crippen LogP contribution in [0, 0.1) is 0 Å². The molecule has 32 heavy (non-hydrogen) atoms. The molecule has 10 heteroatoms. The average molecular weight is 448 g/mol. The van der Waals surface area contributed by atoms with E-state index in [-0.39, 0.29) is 23.7 Å². The first-order chi connectivity index (χ1) is 15.3. The molecular formula is C22H24O10. The second kappa shape index (κ2) is 10.4. The van der Waals surface area contributed by atoms with Gasteiger partial charge in [-0.1, -0.05) is 30.3 Å². The number of ether oxygens (including phenoxy) is 5. The van der Waals surface area contributed by atoms with Crippen molar-refractivity contribution < 1.29 is 48.6 Å². The van der Waals surface area contributed by atoms with Gasteiger partial charge in [0, 0.05) is 0 Å². The first-order valence-corrected chi connectivity index (χ1v) is 9.69. The smallest absolute Gasteiger partial charge is 0.337 e. The zero-order valence-corrected chi connectivity index (χ0v) is 17.4. The van der Waals surface area contributed by atoms with Crippen LogP contribution < -0.4 is 9.47 Å². The van der Waals surface area contributed by atoms with Crippen LogP contribution in [0.5, 0.6) is 11.5 Å². The van der Waals surface area contributed by atoms with Crippen molar-refractivity contribution in [2.45, 2.75) is 37.3 Å². The molecule has 3 N–H and O–H groups in total. The highest BCUT2D eigenvalue weighted by Crippen LogP contribution is 2.33. The van der Waals surface area contributed by atoms with Crippen LogP contribution >= 0.6 is 0 Å². The Labute approximate surface area is 183 Å². The van der Waals surface area contributed by atoms with Crippen LogP contribution in [0.15, 0.2) is 48.5 Å². The minimum atomic E-state index is -1.75. The SMILES string of the molecule is COC(=O)c1ccc(OCc2ccccc2)c(O[C@@H]2O[C@H](C(=O)OC)[C@@H](O)[C@H](O)[C@H]2O)c1. The van der Waals surface area contributed by atoms with Crippen LogP contribution in [0.2, 0.25) is 0 Å². The van der Waals surface area contributed by atoms with Gasteiger partial charge in [0.15, 0.2) is 17.6 Å². The molecule has 2 aromatic rings. The minimum absolute atomic E-state index is 0.0138. The number of aliphatic hydroxyl groups excluding tert-OH is 3. The molecule has 1 aliphatic heterocycles. The first kappa shape index (κ1) is 23.5. The van der Waals surface area contributed by atoms with Crippen molar-refractivity contribution in [1.82, 2.24) is 0 Å². The third-order valence-corrected chi connectivity index (χ3v) is 4.85. The van der Waals surface area contributed by atoms with E-state index in [0.29, 0.717) is 0 Å². The van der Waals surface area contributed by atoms with E-state index in [1.807, 2.05) is 30.3 Å². The van der Waals surface area contributed by atoms with Crippen molar-refractivity contribution in [3.8, 4) is 11.5 Å². The molecule has 172 valence electrons. The molecule has 1 aliphatic rings. The Hall–Kier alpha value is -3.18. The highest BCUT2D eigenvalue weighted by Gasteiger charge is 2.48. The molecule has 1 saturated heterocycles. The molecule has 5 atom stereocenters. The summed E-state index contributed by atoms with van der Waals surface area (Å²) in [6.45, 7) is 0.176. The van der Waals surface area contributed by atoms with Gasteiger partial charge in [-0.3, -0.25) is 0 Å². The lowest BCUT2D eigenvalue weighted by molar-refractivity contribution is -0.272. The van der Waals surface area contributed by atoms with Gasteiger partial charge >= 0.3 is 11.9 Å². The number of carbonyl (C=O) groups excluding carboxylic acids is 2. The number of hydrogen-bond donors (Lipinski definition) is 3. The van der Waals surface area contributed by atoms with E-state index in [4.69, 9.17) is 18.9 Å². The van der Waals surface area contributed by atoms with E-state index in [2.05, 4.69) is 4.74 Å². The average Bonchev–Trinajstić information content (AvgIpc) is 2.83. The Balaban J connectivity index is 1.87. The van der Waals surface area contributed by atoms with Gasteiger partial charge in [-0.2, -0.15) is 0 Å². The number of rotatable bonds is 7. The zero-order chi connectivity index (χ0) is 23.3. The standard InChI is InChI=1S/C22H24O10/c1-28-20(26)13-8-9-14(30-11-12-6-4-3-5-7-12)15(10-13)31-22-18(25)16(23)17(24)19(32-22)21(27)29-2/h3-10,16-19,22-25H,11H2,1-2H3/t16-,17-,18+,19-,22+/m0/s1. The van der Waals surface area contributed by atoms with Gasteiger partial charge in [0.1, 0.15) is 24.9 Å². The molecule has 0 amide bonds. The minimum Gasteiger partial charge on any atom is -0.485 e. The maximum Gasteiger partial charge on any atom is 0.337 e. The molecule has 0 spiro atoms. The molecule has 10 nitrogen and oxygen atoms in total. The number of hydrogen-bond acceptors (Lipinski definition) is 10. The molecule has 2 aromatic carbocycles. The summed E-state index contributed by atoms with van der Waals surface area (Å²) >= 11 is 0.